The Balaban J connectivity index is 2.97. The number of aromatic nitrogens is 1. The highest BCUT2D eigenvalue weighted by molar-refractivity contribution is 7.93. The minimum absolute atomic E-state index is 0.0165. The number of nitrogens with zero attached hydrogens (tertiary/aromatic N) is 1. The Bertz CT molecular complexity index is 439. The molecule has 1 rings (SSSR count). The summed E-state index contributed by atoms with van der Waals surface area (Å²) in [5.74, 6) is -0.500. The first kappa shape index (κ1) is 12.2. The van der Waals surface area contributed by atoms with Gasteiger partial charge in [0.1, 0.15) is 0 Å². The molecule has 0 aromatic carbocycles. The number of aliphatic hydroxyl groups excluding tert-OH is 1. The molecule has 1 heterocycles. The molecule has 0 aliphatic heterocycles. The zero-order valence-electron chi connectivity index (χ0n) is 6.95. The monoisotopic (exact) mass is 262 g/mol. The fourth-order valence-corrected chi connectivity index (χ4v) is 1.84. The van der Waals surface area contributed by atoms with Crippen LogP contribution in [0.3, 0.4) is 0 Å². The van der Waals surface area contributed by atoms with Crippen LogP contribution in [0.5, 0.6) is 0 Å². The molecular weight excluding hydrogens is 257 g/mol. The van der Waals surface area contributed by atoms with Gasteiger partial charge in [-0.1, -0.05) is 0 Å². The number of thiazole rings is 1. The Morgan fingerprint density at radius 1 is 1.53 bits per heavy atom. The Kier molecular flexibility index (Phi) is 3.21. The van der Waals surface area contributed by atoms with E-state index in [2.05, 4.69) is 4.98 Å². The van der Waals surface area contributed by atoms with Gasteiger partial charge in [0.25, 0.3) is 0 Å². The lowest BCUT2D eigenvalue weighted by molar-refractivity contribution is -0.0429. The number of anilines is 1. The van der Waals surface area contributed by atoms with Gasteiger partial charge in [-0.25, -0.2) is 4.98 Å². The summed E-state index contributed by atoms with van der Waals surface area (Å²) in [6.07, 6.45) is 0. The van der Waals surface area contributed by atoms with E-state index in [1.807, 2.05) is 0 Å². The maximum Gasteiger partial charge on any atom is 0.516 e. The molecule has 86 valence electrons. The first-order chi connectivity index (χ1) is 6.78. The van der Waals surface area contributed by atoms with Crippen LogP contribution in [0.4, 0.5) is 19.0 Å². The summed E-state index contributed by atoms with van der Waals surface area (Å²) < 4.78 is 58.3. The second-order valence-corrected chi connectivity index (χ2v) is 4.95. The molecule has 0 saturated heterocycles. The Hall–Kier alpha value is -0.870. The van der Waals surface area contributed by atoms with Crippen molar-refractivity contribution in [3.8, 4) is 0 Å². The third-order valence-electron chi connectivity index (χ3n) is 1.32. The van der Waals surface area contributed by atoms with E-state index in [9.17, 15) is 21.6 Å². The SMILES string of the molecule is O=S(=O)(Nc1ncsc1CO)C(F)(F)F. The molecule has 0 bridgehead atoms. The zero-order valence-corrected chi connectivity index (χ0v) is 8.58. The molecule has 5 nitrogen and oxygen atoms in total. The van der Waals surface area contributed by atoms with Crippen LogP contribution in [-0.4, -0.2) is 24.0 Å². The molecule has 0 aliphatic rings. The van der Waals surface area contributed by atoms with Gasteiger partial charge in [-0.15, -0.1) is 11.3 Å². The van der Waals surface area contributed by atoms with Crippen molar-refractivity contribution in [2.24, 2.45) is 0 Å². The van der Waals surface area contributed by atoms with Crippen molar-refractivity contribution in [3.63, 3.8) is 0 Å². The Morgan fingerprint density at radius 2 is 2.13 bits per heavy atom. The zero-order chi connectivity index (χ0) is 11.7. The first-order valence-corrected chi connectivity index (χ1v) is 5.76. The molecule has 0 saturated carbocycles. The normalized spacial score (nSPS) is 12.8. The average Bonchev–Trinajstić information content (AvgIpc) is 2.48. The van der Waals surface area contributed by atoms with Crippen molar-refractivity contribution < 1.29 is 26.7 Å². The maximum absolute atomic E-state index is 11.9. The molecule has 0 amide bonds. The van der Waals surface area contributed by atoms with E-state index in [1.54, 1.807) is 0 Å². The van der Waals surface area contributed by atoms with Gasteiger partial charge in [-0.2, -0.15) is 21.6 Å². The van der Waals surface area contributed by atoms with Crippen LogP contribution < -0.4 is 4.72 Å². The van der Waals surface area contributed by atoms with Crippen molar-refractivity contribution in [1.82, 2.24) is 4.98 Å². The quantitative estimate of drug-likeness (QED) is 0.848. The van der Waals surface area contributed by atoms with Gasteiger partial charge in [0.2, 0.25) is 0 Å². The van der Waals surface area contributed by atoms with E-state index in [4.69, 9.17) is 5.11 Å². The van der Waals surface area contributed by atoms with Crippen molar-refractivity contribution in [2.75, 3.05) is 4.72 Å². The summed E-state index contributed by atoms with van der Waals surface area (Å²) in [6, 6.07) is 0. The highest BCUT2D eigenvalue weighted by Gasteiger charge is 2.46. The van der Waals surface area contributed by atoms with Crippen LogP contribution in [0, 0.1) is 0 Å². The summed E-state index contributed by atoms with van der Waals surface area (Å²) in [7, 11) is -5.47. The number of sulfonamides is 1. The van der Waals surface area contributed by atoms with Crippen molar-refractivity contribution in [2.45, 2.75) is 12.1 Å². The van der Waals surface area contributed by atoms with Crippen LogP contribution in [0.1, 0.15) is 4.88 Å². The lowest BCUT2D eigenvalue weighted by Gasteiger charge is -2.09. The number of aliphatic hydroxyl groups is 1. The molecule has 0 radical (unpaired) electrons. The molecule has 0 unspecified atom stereocenters. The topological polar surface area (TPSA) is 79.3 Å². The molecule has 0 aliphatic carbocycles. The van der Waals surface area contributed by atoms with Gasteiger partial charge in [-0.05, 0) is 0 Å². The van der Waals surface area contributed by atoms with E-state index >= 15 is 0 Å². The second kappa shape index (κ2) is 3.94. The molecule has 0 fully saturated rings. The molecule has 0 spiro atoms. The van der Waals surface area contributed by atoms with Gasteiger partial charge in [0.15, 0.2) is 5.82 Å². The smallest absolute Gasteiger partial charge is 0.391 e. The third-order valence-corrected chi connectivity index (χ3v) is 3.21. The highest BCUT2D eigenvalue weighted by Crippen LogP contribution is 2.27. The Labute approximate surface area is 86.6 Å². The fourth-order valence-electron chi connectivity index (χ4n) is 0.651. The number of rotatable bonds is 3. The van der Waals surface area contributed by atoms with Crippen LogP contribution in [0.2, 0.25) is 0 Å². The standard InChI is InChI=1S/C5H5F3N2O3S2/c6-5(7,8)15(12,13)10-4-3(1-11)14-2-9-4/h2,10-11H,1H2. The summed E-state index contributed by atoms with van der Waals surface area (Å²) in [4.78, 5) is 3.37. The number of halogens is 3. The number of nitrogens with one attached hydrogen (secondary N) is 1. The van der Waals surface area contributed by atoms with Gasteiger partial charge >= 0.3 is 15.5 Å². The largest absolute Gasteiger partial charge is 0.516 e. The minimum Gasteiger partial charge on any atom is -0.391 e. The van der Waals surface area contributed by atoms with E-state index in [-0.39, 0.29) is 4.88 Å². The molecule has 2 N–H and O–H groups in total. The van der Waals surface area contributed by atoms with Crippen molar-refractivity contribution >= 4 is 27.2 Å². The second-order valence-electron chi connectivity index (χ2n) is 2.33. The molecule has 0 atom stereocenters. The Morgan fingerprint density at radius 3 is 2.60 bits per heavy atom. The summed E-state index contributed by atoms with van der Waals surface area (Å²) in [5.41, 5.74) is -4.27. The van der Waals surface area contributed by atoms with Gasteiger partial charge in [0.05, 0.1) is 17.0 Å². The van der Waals surface area contributed by atoms with Crippen molar-refractivity contribution in [1.29, 1.82) is 0 Å². The molecule has 15 heavy (non-hydrogen) atoms. The highest BCUT2D eigenvalue weighted by atomic mass is 32.2. The first-order valence-electron chi connectivity index (χ1n) is 3.40. The van der Waals surface area contributed by atoms with Crippen LogP contribution in [-0.2, 0) is 16.6 Å². The summed E-state index contributed by atoms with van der Waals surface area (Å²) in [6.45, 7) is -0.583. The van der Waals surface area contributed by atoms with Gasteiger partial charge < -0.3 is 5.11 Å². The molecule has 1 aromatic rings. The van der Waals surface area contributed by atoms with Gasteiger partial charge in [-0.3, -0.25) is 4.72 Å². The van der Waals surface area contributed by atoms with Gasteiger partial charge in [0, 0.05) is 0 Å². The van der Waals surface area contributed by atoms with Crippen LogP contribution >= 0.6 is 11.3 Å². The lowest BCUT2D eigenvalue weighted by Crippen LogP contribution is -2.30. The summed E-state index contributed by atoms with van der Waals surface area (Å²) in [5, 5.41) is 8.66. The van der Waals surface area contributed by atoms with Crippen LogP contribution in [0.15, 0.2) is 5.51 Å². The van der Waals surface area contributed by atoms with E-state index in [1.165, 1.54) is 4.72 Å². The number of hydrogen-bond acceptors (Lipinski definition) is 5. The lowest BCUT2D eigenvalue weighted by atomic mass is 10.5. The molecule has 1 aromatic heterocycles. The average molecular weight is 262 g/mol. The third kappa shape index (κ3) is 2.58. The minimum atomic E-state index is -5.47. The summed E-state index contributed by atoms with van der Waals surface area (Å²) >= 11 is 0.845. The van der Waals surface area contributed by atoms with Crippen molar-refractivity contribution in [3.05, 3.63) is 10.4 Å². The van der Waals surface area contributed by atoms with E-state index < -0.39 is 28.0 Å². The fraction of sp³-hybridized carbons (Fsp3) is 0.400. The van der Waals surface area contributed by atoms with Crippen LogP contribution in [0.25, 0.3) is 0 Å². The van der Waals surface area contributed by atoms with E-state index in [0.717, 1.165) is 16.8 Å². The predicted molar refractivity (Wildman–Crippen MR) is 46.6 cm³/mol. The van der Waals surface area contributed by atoms with E-state index in [0.29, 0.717) is 0 Å². The number of hydrogen-bond donors (Lipinski definition) is 2. The predicted octanol–water partition coefficient (Wildman–Crippen LogP) is 0.897. The molecule has 10 heteroatoms. The molecular formula is C5H5F3N2O3S2. The number of alkyl halides is 3. The maximum atomic E-state index is 11.9.